The van der Waals surface area contributed by atoms with Gasteiger partial charge in [-0.25, -0.2) is 9.97 Å². The lowest BCUT2D eigenvalue weighted by Crippen LogP contribution is -2.31. The molecule has 0 saturated heterocycles. The van der Waals surface area contributed by atoms with Crippen LogP contribution in [0, 0.1) is 13.8 Å². The molecule has 0 aliphatic heterocycles. The number of alkyl halides is 3. The van der Waals surface area contributed by atoms with Crippen molar-refractivity contribution in [3.63, 3.8) is 0 Å². The van der Waals surface area contributed by atoms with Crippen molar-refractivity contribution in [1.29, 1.82) is 0 Å². The van der Waals surface area contributed by atoms with Gasteiger partial charge in [0.15, 0.2) is 12.1 Å². The van der Waals surface area contributed by atoms with Crippen LogP contribution < -0.4 is 5.32 Å². The Balaban J connectivity index is 1.20. The zero-order valence-electron chi connectivity index (χ0n) is 27.1. The highest BCUT2D eigenvalue weighted by Gasteiger charge is 2.31. The van der Waals surface area contributed by atoms with E-state index < -0.39 is 24.1 Å². The third kappa shape index (κ3) is 7.85. The zero-order chi connectivity index (χ0) is 34.5. The largest absolute Gasteiger partial charge is 0.416 e. The number of amides is 1. The molecule has 11 heteroatoms. The minimum atomic E-state index is -4.45. The molecular formula is C38H34F3N5O3. The third-order valence-corrected chi connectivity index (χ3v) is 8.13. The number of hydrogen-bond acceptors (Lipinski definition) is 6. The number of nitrogens with one attached hydrogen (secondary N) is 1. The molecule has 1 amide bonds. The first-order valence-electron chi connectivity index (χ1n) is 15.7. The van der Waals surface area contributed by atoms with E-state index in [2.05, 4.69) is 20.4 Å². The number of rotatable bonds is 11. The second-order valence-electron chi connectivity index (χ2n) is 11.8. The Labute approximate surface area is 281 Å². The summed E-state index contributed by atoms with van der Waals surface area (Å²) in [6.07, 6.45) is -2.16. The topological polar surface area (TPSA) is 91.2 Å². The summed E-state index contributed by atoms with van der Waals surface area (Å²) in [5.41, 5.74) is 4.63. The number of aryl methyl sites for hydroxylation is 2. The molecule has 0 aliphatic carbocycles. The van der Waals surface area contributed by atoms with Crippen molar-refractivity contribution >= 4 is 22.5 Å². The Hall–Kier alpha value is -5.39. The van der Waals surface area contributed by atoms with E-state index in [9.17, 15) is 18.0 Å². The van der Waals surface area contributed by atoms with E-state index in [-0.39, 0.29) is 5.91 Å². The van der Waals surface area contributed by atoms with Crippen molar-refractivity contribution in [2.75, 3.05) is 5.32 Å². The van der Waals surface area contributed by atoms with Crippen LogP contribution in [0.15, 0.2) is 109 Å². The molecule has 0 aliphatic rings. The van der Waals surface area contributed by atoms with Gasteiger partial charge in [0.1, 0.15) is 11.7 Å². The van der Waals surface area contributed by atoms with Crippen LogP contribution in [-0.4, -0.2) is 31.9 Å². The van der Waals surface area contributed by atoms with Crippen molar-refractivity contribution < 1.29 is 27.4 Å². The Morgan fingerprint density at radius 1 is 0.837 bits per heavy atom. The fourth-order valence-corrected chi connectivity index (χ4v) is 5.46. The van der Waals surface area contributed by atoms with Crippen LogP contribution in [-0.2, 0) is 28.9 Å². The van der Waals surface area contributed by atoms with Gasteiger partial charge in [0.05, 0.1) is 30.5 Å². The molecule has 0 bridgehead atoms. The lowest BCUT2D eigenvalue weighted by atomic mass is 10.1. The summed E-state index contributed by atoms with van der Waals surface area (Å²) in [6, 6.07) is 27.8. The van der Waals surface area contributed by atoms with Gasteiger partial charge < -0.3 is 14.8 Å². The first-order valence-corrected chi connectivity index (χ1v) is 15.7. The molecule has 6 rings (SSSR count). The molecule has 6 aromatic rings. The summed E-state index contributed by atoms with van der Waals surface area (Å²) < 4.78 is 53.6. The van der Waals surface area contributed by atoms with Gasteiger partial charge in [-0.2, -0.15) is 18.3 Å². The maximum absolute atomic E-state index is 13.8. The molecule has 1 N–H and O–H groups in total. The second-order valence-corrected chi connectivity index (χ2v) is 11.8. The predicted octanol–water partition coefficient (Wildman–Crippen LogP) is 8.70. The molecule has 250 valence electrons. The van der Waals surface area contributed by atoms with Crippen LogP contribution in [0.2, 0.25) is 0 Å². The van der Waals surface area contributed by atoms with Gasteiger partial charge in [0.2, 0.25) is 0 Å². The SMILES string of the molecule is Cc1cc(-c2ncc3cc(C(F)(F)F)ccc3n2)ccc1NC(=O)c1c(C)cnn1C(C)C(OCc1ccccc1)OCc1ccccc1. The average Bonchev–Trinajstić information content (AvgIpc) is 3.50. The van der Waals surface area contributed by atoms with E-state index in [0.29, 0.717) is 52.4 Å². The smallest absolute Gasteiger partial charge is 0.346 e. The van der Waals surface area contributed by atoms with Gasteiger partial charge in [-0.1, -0.05) is 60.7 Å². The minimum absolute atomic E-state index is 0.290. The fourth-order valence-electron chi connectivity index (χ4n) is 5.46. The van der Waals surface area contributed by atoms with Crippen LogP contribution in [0.3, 0.4) is 0 Å². The zero-order valence-corrected chi connectivity index (χ0v) is 27.1. The molecule has 0 fully saturated rings. The standard InChI is InChI=1S/C38H34F3N5O3/c1-24-18-29(35-42-21-30-19-31(38(39,40)41)15-17-33(30)44-35)14-16-32(24)45-36(47)34-25(2)20-43-46(34)26(3)37(48-22-27-10-6-4-7-11-27)49-23-28-12-8-5-9-13-28/h4-21,26,37H,22-23H2,1-3H3,(H,45,47). The third-order valence-electron chi connectivity index (χ3n) is 8.13. The minimum Gasteiger partial charge on any atom is -0.346 e. The van der Waals surface area contributed by atoms with Crippen molar-refractivity contribution in [2.24, 2.45) is 0 Å². The molecule has 2 heterocycles. The van der Waals surface area contributed by atoms with E-state index in [1.807, 2.05) is 87.5 Å². The second kappa shape index (κ2) is 14.4. The van der Waals surface area contributed by atoms with Crippen LogP contribution in [0.4, 0.5) is 18.9 Å². The number of carbonyl (C=O) groups excluding carboxylic acids is 1. The number of hydrogen-bond donors (Lipinski definition) is 1. The number of nitrogens with zero attached hydrogens (tertiary/aromatic N) is 4. The maximum atomic E-state index is 13.8. The van der Waals surface area contributed by atoms with Crippen LogP contribution in [0.25, 0.3) is 22.3 Å². The Kier molecular flexibility index (Phi) is 9.84. The summed E-state index contributed by atoms with van der Waals surface area (Å²) >= 11 is 0. The summed E-state index contributed by atoms with van der Waals surface area (Å²) in [6.45, 7) is 6.19. The normalized spacial score (nSPS) is 12.4. The van der Waals surface area contributed by atoms with Gasteiger partial charge in [-0.15, -0.1) is 0 Å². The van der Waals surface area contributed by atoms with E-state index in [0.717, 1.165) is 28.8 Å². The first-order chi connectivity index (χ1) is 23.6. The molecule has 0 spiro atoms. The molecule has 0 radical (unpaired) electrons. The summed E-state index contributed by atoms with van der Waals surface area (Å²) in [5.74, 6) is -0.00183. The molecule has 8 nitrogen and oxygen atoms in total. The van der Waals surface area contributed by atoms with Crippen molar-refractivity contribution in [3.05, 3.63) is 143 Å². The molecular weight excluding hydrogens is 631 g/mol. The van der Waals surface area contributed by atoms with Crippen molar-refractivity contribution in [3.8, 4) is 11.4 Å². The molecule has 49 heavy (non-hydrogen) atoms. The number of carbonyl (C=O) groups is 1. The number of ether oxygens (including phenoxy) is 2. The Morgan fingerprint density at radius 2 is 1.49 bits per heavy atom. The number of fused-ring (bicyclic) bond motifs is 1. The summed E-state index contributed by atoms with van der Waals surface area (Å²) in [7, 11) is 0. The first kappa shape index (κ1) is 33.5. The van der Waals surface area contributed by atoms with Gasteiger partial charge >= 0.3 is 6.18 Å². The fraction of sp³-hybridized carbons (Fsp3) is 0.211. The van der Waals surface area contributed by atoms with E-state index >= 15 is 0 Å². The Morgan fingerprint density at radius 3 is 2.10 bits per heavy atom. The monoisotopic (exact) mass is 665 g/mol. The van der Waals surface area contributed by atoms with E-state index in [4.69, 9.17) is 9.47 Å². The lowest BCUT2D eigenvalue weighted by molar-refractivity contribution is -0.180. The highest BCUT2D eigenvalue weighted by Crippen LogP contribution is 2.32. The molecule has 4 aromatic carbocycles. The van der Waals surface area contributed by atoms with Crippen molar-refractivity contribution in [2.45, 2.75) is 52.5 Å². The number of halogens is 3. The highest BCUT2D eigenvalue weighted by molar-refractivity contribution is 6.04. The molecule has 2 aromatic heterocycles. The van der Waals surface area contributed by atoms with Crippen LogP contribution >= 0.6 is 0 Å². The number of benzene rings is 4. The van der Waals surface area contributed by atoms with Crippen LogP contribution in [0.5, 0.6) is 0 Å². The maximum Gasteiger partial charge on any atom is 0.416 e. The van der Waals surface area contributed by atoms with Gasteiger partial charge in [0, 0.05) is 28.4 Å². The van der Waals surface area contributed by atoms with E-state index in [1.54, 1.807) is 23.0 Å². The van der Waals surface area contributed by atoms with Crippen LogP contribution in [0.1, 0.15) is 51.3 Å². The molecule has 1 atom stereocenters. The summed E-state index contributed by atoms with van der Waals surface area (Å²) in [5, 5.41) is 7.84. The predicted molar refractivity (Wildman–Crippen MR) is 181 cm³/mol. The number of anilines is 1. The summed E-state index contributed by atoms with van der Waals surface area (Å²) in [4.78, 5) is 22.6. The molecule has 1 unspecified atom stereocenters. The number of aromatic nitrogens is 4. The van der Waals surface area contributed by atoms with Gasteiger partial charge in [-0.05, 0) is 73.9 Å². The molecule has 0 saturated carbocycles. The highest BCUT2D eigenvalue weighted by atomic mass is 19.4. The lowest BCUT2D eigenvalue weighted by Gasteiger charge is -2.26. The van der Waals surface area contributed by atoms with Gasteiger partial charge in [0.25, 0.3) is 5.91 Å². The van der Waals surface area contributed by atoms with E-state index in [1.165, 1.54) is 12.3 Å². The average molecular weight is 666 g/mol. The van der Waals surface area contributed by atoms with Gasteiger partial charge in [-0.3, -0.25) is 9.48 Å². The quantitative estimate of drug-likeness (QED) is 0.139. The van der Waals surface area contributed by atoms with Crippen molar-refractivity contribution in [1.82, 2.24) is 19.7 Å². The Bertz CT molecular complexity index is 2020.